The fourth-order valence-corrected chi connectivity index (χ4v) is 10.1. The summed E-state index contributed by atoms with van der Waals surface area (Å²) < 4.78 is 0.892. The molecule has 2 saturated carbocycles. The van der Waals surface area contributed by atoms with Gasteiger partial charge in [-0.2, -0.15) is 0 Å². The molecule has 3 heterocycles. The fraction of sp³-hybridized carbons (Fsp3) is 0.320. The number of thioether (sulfide) groups is 1. The van der Waals surface area contributed by atoms with Gasteiger partial charge in [-0.15, -0.1) is 11.8 Å². The molecule has 7 rings (SSSR count). The van der Waals surface area contributed by atoms with E-state index in [9.17, 15) is 19.5 Å². The Balaban J connectivity index is 1.34. The number of hydrogen-bond donors (Lipinski definition) is 2. The van der Waals surface area contributed by atoms with Crippen LogP contribution in [0.2, 0.25) is 0 Å². The Morgan fingerprint density at radius 2 is 1.68 bits per heavy atom. The quantitative estimate of drug-likeness (QED) is 0.452. The monoisotopic (exact) mass is 554 g/mol. The van der Waals surface area contributed by atoms with Crippen LogP contribution in [0.25, 0.3) is 0 Å². The van der Waals surface area contributed by atoms with E-state index < -0.39 is 0 Å². The molecule has 172 valence electrons. The summed E-state index contributed by atoms with van der Waals surface area (Å²) in [5.74, 6) is -0.705. The second kappa shape index (κ2) is 7.32. The number of aromatic nitrogens is 1. The van der Waals surface area contributed by atoms with Crippen molar-refractivity contribution in [2.75, 3.05) is 4.90 Å². The first-order valence-electron chi connectivity index (χ1n) is 11.2. The zero-order valence-corrected chi connectivity index (χ0v) is 20.9. The second-order valence-corrected chi connectivity index (χ2v) is 12.6. The number of anilines is 1. The largest absolute Gasteiger partial charge is 0.508 e. The second-order valence-electron chi connectivity index (χ2n) is 9.51. The van der Waals surface area contributed by atoms with Gasteiger partial charge in [-0.3, -0.25) is 19.3 Å². The number of carbonyl (C=O) groups is 2. The molecule has 2 amide bonds. The highest BCUT2D eigenvalue weighted by molar-refractivity contribution is 9.10. The topological polar surface area (TPSA) is 90.5 Å². The maximum atomic E-state index is 13.7. The van der Waals surface area contributed by atoms with Gasteiger partial charge in [0.1, 0.15) is 5.75 Å². The molecule has 9 heteroatoms. The summed E-state index contributed by atoms with van der Waals surface area (Å²) in [6, 6.07) is 14.6. The number of halogens is 1. The number of thiazole rings is 1. The average Bonchev–Trinajstić information content (AvgIpc) is 3.54. The van der Waals surface area contributed by atoms with Crippen molar-refractivity contribution in [1.29, 1.82) is 0 Å². The summed E-state index contributed by atoms with van der Waals surface area (Å²) in [5.41, 5.74) is 1.41. The molecule has 2 aromatic carbocycles. The summed E-state index contributed by atoms with van der Waals surface area (Å²) in [6.45, 7) is 0. The maximum absolute atomic E-state index is 13.7. The summed E-state index contributed by atoms with van der Waals surface area (Å²) >= 11 is 6.26. The molecule has 3 fully saturated rings. The lowest BCUT2D eigenvalue weighted by atomic mass is 9.68. The van der Waals surface area contributed by atoms with Crippen LogP contribution in [0.4, 0.5) is 5.69 Å². The van der Waals surface area contributed by atoms with Crippen LogP contribution in [0.1, 0.15) is 22.8 Å². The van der Waals surface area contributed by atoms with Crippen LogP contribution in [0, 0.1) is 29.6 Å². The van der Waals surface area contributed by atoms with Crippen LogP contribution >= 0.6 is 39.0 Å². The molecular weight excluding hydrogens is 536 g/mol. The Morgan fingerprint density at radius 1 is 0.971 bits per heavy atom. The summed E-state index contributed by atoms with van der Waals surface area (Å²) in [7, 11) is 0. The summed E-state index contributed by atoms with van der Waals surface area (Å²) in [4.78, 5) is 44.8. The third kappa shape index (κ3) is 2.71. The van der Waals surface area contributed by atoms with Crippen molar-refractivity contribution in [1.82, 2.24) is 4.98 Å². The van der Waals surface area contributed by atoms with Crippen LogP contribution in [0.5, 0.6) is 5.75 Å². The van der Waals surface area contributed by atoms with Crippen LogP contribution in [0.15, 0.2) is 62.8 Å². The van der Waals surface area contributed by atoms with E-state index in [0.29, 0.717) is 5.69 Å². The normalized spacial score (nSPS) is 33.2. The van der Waals surface area contributed by atoms with Gasteiger partial charge in [-0.1, -0.05) is 45.5 Å². The van der Waals surface area contributed by atoms with Crippen molar-refractivity contribution in [3.8, 4) is 5.75 Å². The van der Waals surface area contributed by atoms with Gasteiger partial charge < -0.3 is 10.1 Å². The lowest BCUT2D eigenvalue weighted by Crippen LogP contribution is -2.42. The Bertz CT molecular complexity index is 1420. The van der Waals surface area contributed by atoms with Crippen LogP contribution in [0.3, 0.4) is 0 Å². The van der Waals surface area contributed by atoms with Gasteiger partial charge in [0.2, 0.25) is 11.8 Å². The molecule has 34 heavy (non-hydrogen) atoms. The number of phenols is 1. The van der Waals surface area contributed by atoms with E-state index in [-0.39, 0.29) is 63.2 Å². The minimum atomic E-state index is -0.353. The molecule has 5 unspecified atom stereocenters. The molecule has 2 bridgehead atoms. The molecule has 1 saturated heterocycles. The van der Waals surface area contributed by atoms with E-state index in [1.54, 1.807) is 36.0 Å². The number of fused-ring (bicyclic) bond motifs is 9. The number of imide groups is 1. The van der Waals surface area contributed by atoms with E-state index in [4.69, 9.17) is 0 Å². The number of benzene rings is 2. The van der Waals surface area contributed by atoms with E-state index >= 15 is 0 Å². The zero-order valence-electron chi connectivity index (χ0n) is 17.7. The van der Waals surface area contributed by atoms with Crippen LogP contribution in [-0.2, 0) is 9.59 Å². The first kappa shape index (κ1) is 21.0. The molecule has 7 atom stereocenters. The van der Waals surface area contributed by atoms with Gasteiger partial charge in [-0.25, -0.2) is 0 Å². The fourth-order valence-electron chi connectivity index (χ4n) is 6.96. The third-order valence-corrected chi connectivity index (χ3v) is 11.2. The Kier molecular flexibility index (Phi) is 4.51. The summed E-state index contributed by atoms with van der Waals surface area (Å²) in [6.07, 6.45) is 0.826. The Hall–Kier alpha value is -2.36. The van der Waals surface area contributed by atoms with Gasteiger partial charge in [-0.05, 0) is 54.5 Å². The van der Waals surface area contributed by atoms with Gasteiger partial charge in [0.05, 0.1) is 22.5 Å². The van der Waals surface area contributed by atoms with Crippen molar-refractivity contribution >= 4 is 56.5 Å². The minimum Gasteiger partial charge on any atom is -0.508 e. The number of H-pyrrole nitrogens is 1. The first-order valence-corrected chi connectivity index (χ1v) is 13.7. The van der Waals surface area contributed by atoms with Crippen molar-refractivity contribution in [3.05, 3.63) is 73.1 Å². The lowest BCUT2D eigenvalue weighted by Gasteiger charge is -2.43. The highest BCUT2D eigenvalue weighted by Gasteiger charge is 2.69. The van der Waals surface area contributed by atoms with E-state index in [1.807, 2.05) is 24.3 Å². The third-order valence-electron chi connectivity index (χ3n) is 8.08. The number of amides is 2. The molecule has 1 aromatic heterocycles. The zero-order chi connectivity index (χ0) is 23.3. The average molecular weight is 555 g/mol. The molecule has 4 aliphatic rings. The number of aromatic hydroxyl groups is 1. The van der Waals surface area contributed by atoms with Gasteiger partial charge in [0, 0.05) is 26.1 Å². The number of nitrogens with one attached hydrogen (secondary N) is 1. The van der Waals surface area contributed by atoms with Gasteiger partial charge in [0.25, 0.3) is 0 Å². The van der Waals surface area contributed by atoms with Crippen molar-refractivity contribution in [2.45, 2.75) is 22.6 Å². The molecule has 3 aromatic rings. The lowest BCUT2D eigenvalue weighted by molar-refractivity contribution is -0.123. The molecule has 6 nitrogen and oxygen atoms in total. The van der Waals surface area contributed by atoms with Crippen LogP contribution in [-0.4, -0.2) is 27.2 Å². The highest BCUT2D eigenvalue weighted by Crippen LogP contribution is 2.69. The maximum Gasteiger partial charge on any atom is 0.305 e. The predicted molar refractivity (Wildman–Crippen MR) is 133 cm³/mol. The number of phenolic OH excluding ortho intramolecular Hbond substituents is 1. The van der Waals surface area contributed by atoms with E-state index in [1.165, 1.54) is 16.2 Å². The molecule has 0 spiro atoms. The molecule has 2 aliphatic carbocycles. The Morgan fingerprint density at radius 3 is 2.41 bits per heavy atom. The van der Waals surface area contributed by atoms with Crippen LogP contribution < -0.4 is 9.77 Å². The first-order chi connectivity index (χ1) is 16.4. The molecule has 2 aliphatic heterocycles. The molecule has 0 radical (unpaired) electrons. The summed E-state index contributed by atoms with van der Waals surface area (Å²) in [5, 5.41) is 11.7. The number of carbonyl (C=O) groups excluding carboxylic acids is 2. The SMILES string of the molecule is O=C1C2C(C(=O)N1c1ccc(Br)cc1)[C@@H]1C[C@H]2C2Sc3[nH]c(=O)sc3C(c3ccccc3O)C21. The number of hydrogen-bond acceptors (Lipinski definition) is 6. The number of para-hydroxylation sites is 1. The standard InChI is InChI=1S/C25H19BrN2O4S2/c26-10-5-7-11(8-6-10)28-23(30)18-13-9-14(19(18)24(28)31)20-17(13)16(12-3-1-2-4-15(12)29)21-22(33-20)27-25(32)34-21/h1-8,13-14,16-20,29H,9H2,(H,27,32)/t13-,14-,16?,17?,18?,19?,20?/m1/s1. The van der Waals surface area contributed by atoms with Crippen molar-refractivity contribution < 1.29 is 14.7 Å². The van der Waals surface area contributed by atoms with Crippen molar-refractivity contribution in [3.63, 3.8) is 0 Å². The highest BCUT2D eigenvalue weighted by atomic mass is 79.9. The molecule has 2 N–H and O–H groups in total. The Labute approximate surface area is 211 Å². The van der Waals surface area contributed by atoms with Gasteiger partial charge >= 0.3 is 4.87 Å². The predicted octanol–water partition coefficient (Wildman–Crippen LogP) is 4.58. The van der Waals surface area contributed by atoms with E-state index in [2.05, 4.69) is 20.9 Å². The van der Waals surface area contributed by atoms with Gasteiger partial charge in [0.15, 0.2) is 0 Å². The number of rotatable bonds is 2. The molecular formula is C25H19BrN2O4S2. The van der Waals surface area contributed by atoms with E-state index in [0.717, 1.165) is 26.4 Å². The van der Waals surface area contributed by atoms with Crippen molar-refractivity contribution in [2.24, 2.45) is 29.6 Å². The minimum absolute atomic E-state index is 0.0272. The smallest absolute Gasteiger partial charge is 0.305 e. The number of nitrogens with zero attached hydrogens (tertiary/aromatic N) is 1. The number of aromatic amines is 1.